The number of hydrogen-bond acceptors (Lipinski definition) is 2. The Morgan fingerprint density at radius 1 is 1.37 bits per heavy atom. The van der Waals surface area contributed by atoms with Gasteiger partial charge in [-0.1, -0.05) is 35.3 Å². The summed E-state index contributed by atoms with van der Waals surface area (Å²) in [6.45, 7) is 1.88. The zero-order valence-corrected chi connectivity index (χ0v) is 13.7. The van der Waals surface area contributed by atoms with E-state index in [-0.39, 0.29) is 6.04 Å². The average molecular weight is 363 g/mol. The van der Waals surface area contributed by atoms with E-state index in [0.717, 1.165) is 21.4 Å². The van der Waals surface area contributed by atoms with Crippen LogP contribution >= 0.6 is 39.1 Å². The molecular weight excluding hydrogens is 349 g/mol. The van der Waals surface area contributed by atoms with Crippen molar-refractivity contribution < 1.29 is 0 Å². The van der Waals surface area contributed by atoms with Crippen LogP contribution in [0.25, 0.3) is 0 Å². The maximum Gasteiger partial charge on any atom is 0.0847 e. The van der Waals surface area contributed by atoms with Crippen molar-refractivity contribution in [1.82, 2.24) is 9.78 Å². The van der Waals surface area contributed by atoms with E-state index in [0.29, 0.717) is 16.5 Å². The number of nitrogens with two attached hydrogens (primary N) is 1. The fourth-order valence-electron chi connectivity index (χ4n) is 2.03. The van der Waals surface area contributed by atoms with Gasteiger partial charge in [-0.05, 0) is 34.5 Å². The van der Waals surface area contributed by atoms with Gasteiger partial charge in [0.05, 0.1) is 21.4 Å². The molecule has 2 rings (SSSR count). The van der Waals surface area contributed by atoms with E-state index in [1.165, 1.54) is 0 Å². The van der Waals surface area contributed by atoms with Gasteiger partial charge in [0, 0.05) is 24.0 Å². The van der Waals surface area contributed by atoms with Gasteiger partial charge in [-0.25, -0.2) is 0 Å². The summed E-state index contributed by atoms with van der Waals surface area (Å²) in [5, 5.41) is 5.60. The van der Waals surface area contributed by atoms with Crippen molar-refractivity contribution in [2.45, 2.75) is 19.4 Å². The second-order valence-corrected chi connectivity index (χ2v) is 6.03. The van der Waals surface area contributed by atoms with E-state index in [1.807, 2.05) is 32.2 Å². The summed E-state index contributed by atoms with van der Waals surface area (Å²) in [4.78, 5) is 0. The maximum absolute atomic E-state index is 6.26. The van der Waals surface area contributed by atoms with Crippen molar-refractivity contribution in [2.75, 3.05) is 0 Å². The second-order valence-electron chi connectivity index (χ2n) is 4.42. The highest BCUT2D eigenvalue weighted by molar-refractivity contribution is 9.10. The minimum Gasteiger partial charge on any atom is -0.324 e. The molecule has 0 amide bonds. The molecule has 0 aliphatic rings. The van der Waals surface area contributed by atoms with Gasteiger partial charge in [-0.3, -0.25) is 4.68 Å². The maximum atomic E-state index is 6.26. The van der Waals surface area contributed by atoms with E-state index in [4.69, 9.17) is 28.9 Å². The third kappa shape index (κ3) is 2.97. The smallest absolute Gasteiger partial charge is 0.0847 e. The highest BCUT2D eigenvalue weighted by Crippen LogP contribution is 2.32. The Morgan fingerprint density at radius 3 is 2.63 bits per heavy atom. The van der Waals surface area contributed by atoms with Gasteiger partial charge < -0.3 is 5.73 Å². The molecule has 6 heteroatoms. The summed E-state index contributed by atoms with van der Waals surface area (Å²) in [6, 6.07) is 5.51. The predicted molar refractivity (Wildman–Crippen MR) is 82.7 cm³/mol. The summed E-state index contributed by atoms with van der Waals surface area (Å²) >= 11 is 15.9. The molecule has 0 spiro atoms. The van der Waals surface area contributed by atoms with Crippen LogP contribution in [0.15, 0.2) is 22.7 Å². The monoisotopic (exact) mass is 361 g/mol. The van der Waals surface area contributed by atoms with E-state index < -0.39 is 0 Å². The van der Waals surface area contributed by atoms with Gasteiger partial charge >= 0.3 is 0 Å². The van der Waals surface area contributed by atoms with Crippen LogP contribution in [0.1, 0.15) is 23.0 Å². The van der Waals surface area contributed by atoms with Gasteiger partial charge in [0.15, 0.2) is 0 Å². The number of hydrogen-bond donors (Lipinski definition) is 1. The normalized spacial score (nSPS) is 12.7. The summed E-state index contributed by atoms with van der Waals surface area (Å²) in [5.41, 5.74) is 8.86. The fourth-order valence-corrected chi connectivity index (χ4v) is 2.91. The van der Waals surface area contributed by atoms with Crippen LogP contribution in [0.2, 0.25) is 10.0 Å². The number of halogens is 3. The lowest BCUT2D eigenvalue weighted by atomic mass is 10.0. The molecule has 2 aromatic rings. The molecule has 0 aliphatic heterocycles. The quantitative estimate of drug-likeness (QED) is 0.895. The third-order valence-electron chi connectivity index (χ3n) is 3.06. The van der Waals surface area contributed by atoms with Gasteiger partial charge in [-0.15, -0.1) is 0 Å². The molecule has 3 nitrogen and oxygen atoms in total. The first kappa shape index (κ1) is 14.9. The second kappa shape index (κ2) is 5.83. The molecule has 0 radical (unpaired) electrons. The number of nitrogens with zero attached hydrogens (tertiary/aromatic N) is 2. The Balaban J connectivity index is 2.31. The SMILES string of the molecule is Cc1nn(C)c(CC(N)c2cccc(Br)c2Cl)c1Cl. The largest absolute Gasteiger partial charge is 0.324 e. The standard InChI is InChI=1S/C13H14BrCl2N3/c1-7-12(15)11(19(2)18-7)6-10(17)8-4-3-5-9(14)13(8)16/h3-5,10H,6,17H2,1-2H3. The molecular formula is C13H14BrCl2N3. The van der Waals surface area contributed by atoms with E-state index in [2.05, 4.69) is 21.0 Å². The highest BCUT2D eigenvalue weighted by atomic mass is 79.9. The lowest BCUT2D eigenvalue weighted by Crippen LogP contribution is -2.16. The minimum absolute atomic E-state index is 0.225. The first-order valence-electron chi connectivity index (χ1n) is 5.79. The van der Waals surface area contributed by atoms with Crippen molar-refractivity contribution in [3.05, 3.63) is 49.7 Å². The van der Waals surface area contributed by atoms with Crippen LogP contribution in [0.5, 0.6) is 0 Å². The molecule has 19 heavy (non-hydrogen) atoms. The third-order valence-corrected chi connectivity index (χ3v) is 4.86. The van der Waals surface area contributed by atoms with Crippen LogP contribution in [-0.2, 0) is 13.5 Å². The Hall–Kier alpha value is -0.550. The average Bonchev–Trinajstić information content (AvgIpc) is 2.59. The summed E-state index contributed by atoms with van der Waals surface area (Å²) in [7, 11) is 1.86. The Morgan fingerprint density at radius 2 is 2.05 bits per heavy atom. The van der Waals surface area contributed by atoms with Crippen molar-refractivity contribution in [3.8, 4) is 0 Å². The highest BCUT2D eigenvalue weighted by Gasteiger charge is 2.18. The van der Waals surface area contributed by atoms with Gasteiger partial charge in [0.25, 0.3) is 0 Å². The van der Waals surface area contributed by atoms with Crippen molar-refractivity contribution in [3.63, 3.8) is 0 Å². The molecule has 1 unspecified atom stereocenters. The van der Waals surface area contributed by atoms with E-state index in [9.17, 15) is 0 Å². The van der Waals surface area contributed by atoms with Crippen LogP contribution in [0, 0.1) is 6.92 Å². The molecule has 1 atom stereocenters. The van der Waals surface area contributed by atoms with Gasteiger partial charge in [0.1, 0.15) is 0 Å². The van der Waals surface area contributed by atoms with Gasteiger partial charge in [0.2, 0.25) is 0 Å². The molecule has 1 aromatic heterocycles. The summed E-state index contributed by atoms with van der Waals surface area (Å²) < 4.78 is 2.61. The van der Waals surface area contributed by atoms with Crippen LogP contribution in [0.3, 0.4) is 0 Å². The van der Waals surface area contributed by atoms with E-state index >= 15 is 0 Å². The van der Waals surface area contributed by atoms with Crippen molar-refractivity contribution >= 4 is 39.1 Å². The molecule has 0 fully saturated rings. The number of aryl methyl sites for hydroxylation is 2. The Kier molecular flexibility index (Phi) is 4.56. The molecule has 0 saturated heterocycles. The molecule has 2 N–H and O–H groups in total. The molecule has 0 aliphatic carbocycles. The van der Waals surface area contributed by atoms with Crippen LogP contribution in [0.4, 0.5) is 0 Å². The van der Waals surface area contributed by atoms with Crippen molar-refractivity contribution in [2.24, 2.45) is 12.8 Å². The first-order chi connectivity index (χ1) is 8.91. The van der Waals surface area contributed by atoms with Crippen molar-refractivity contribution in [1.29, 1.82) is 0 Å². The summed E-state index contributed by atoms with van der Waals surface area (Å²) in [5.74, 6) is 0. The van der Waals surface area contributed by atoms with Crippen LogP contribution < -0.4 is 5.73 Å². The molecule has 1 heterocycles. The predicted octanol–water partition coefficient (Wildman–Crippen LogP) is 4.04. The molecule has 102 valence electrons. The first-order valence-corrected chi connectivity index (χ1v) is 7.34. The van der Waals surface area contributed by atoms with E-state index in [1.54, 1.807) is 4.68 Å². The molecule has 0 saturated carbocycles. The summed E-state index contributed by atoms with van der Waals surface area (Å²) in [6.07, 6.45) is 0.590. The topological polar surface area (TPSA) is 43.8 Å². The Bertz CT molecular complexity index is 610. The number of rotatable bonds is 3. The minimum atomic E-state index is -0.225. The van der Waals surface area contributed by atoms with Crippen LogP contribution in [-0.4, -0.2) is 9.78 Å². The van der Waals surface area contributed by atoms with Gasteiger partial charge in [-0.2, -0.15) is 5.10 Å². The molecule has 1 aromatic carbocycles. The Labute approximate surface area is 130 Å². The lowest BCUT2D eigenvalue weighted by molar-refractivity contribution is 0.640. The molecule has 0 bridgehead atoms. The number of benzene rings is 1. The zero-order valence-electron chi connectivity index (χ0n) is 10.6. The lowest BCUT2D eigenvalue weighted by Gasteiger charge is -2.15. The fraction of sp³-hybridized carbons (Fsp3) is 0.308. The number of aromatic nitrogens is 2. The zero-order chi connectivity index (χ0) is 14.2.